The Hall–Kier alpha value is -4.77. The molecule has 1 aliphatic heterocycles. The molecule has 0 aliphatic carbocycles. The third kappa shape index (κ3) is 4.87. The predicted octanol–water partition coefficient (Wildman–Crippen LogP) is 5.54. The molecule has 2 N–H and O–H groups in total. The number of ether oxygens (including phenoxy) is 1. The summed E-state index contributed by atoms with van der Waals surface area (Å²) in [4.78, 5) is 29.1. The maximum Gasteiger partial charge on any atom is 0.273 e. The maximum absolute atomic E-state index is 11.5. The summed E-state index contributed by atoms with van der Waals surface area (Å²) in [6.45, 7) is 5.47. The van der Waals surface area contributed by atoms with E-state index in [1.807, 2.05) is 60.9 Å². The molecule has 204 valence electrons. The average Bonchev–Trinajstić information content (AvgIpc) is 3.43. The number of amides is 1. The highest BCUT2D eigenvalue weighted by atomic mass is 32.1. The van der Waals surface area contributed by atoms with Crippen molar-refractivity contribution in [1.29, 1.82) is 0 Å². The van der Waals surface area contributed by atoms with Crippen molar-refractivity contribution in [3.8, 4) is 11.4 Å². The van der Waals surface area contributed by atoms with Gasteiger partial charge in [-0.2, -0.15) is 0 Å². The first-order chi connectivity index (χ1) is 19.2. The van der Waals surface area contributed by atoms with Gasteiger partial charge in [-0.1, -0.05) is 6.07 Å². The van der Waals surface area contributed by atoms with Crippen LogP contribution in [0.5, 0.6) is 5.75 Å². The van der Waals surface area contributed by atoms with E-state index in [-0.39, 0.29) is 23.7 Å². The molecule has 1 aliphatic rings. The Morgan fingerprint density at radius 2 is 1.88 bits per heavy atom. The van der Waals surface area contributed by atoms with Gasteiger partial charge in [0.15, 0.2) is 5.11 Å². The van der Waals surface area contributed by atoms with Crippen LogP contribution in [0.15, 0.2) is 72.9 Å². The van der Waals surface area contributed by atoms with Crippen LogP contribution < -0.4 is 20.3 Å². The molecule has 3 heterocycles. The van der Waals surface area contributed by atoms with Crippen LogP contribution in [0.1, 0.15) is 41.7 Å². The van der Waals surface area contributed by atoms with Crippen molar-refractivity contribution < 1.29 is 14.5 Å². The van der Waals surface area contributed by atoms with Crippen LogP contribution in [0.3, 0.4) is 0 Å². The summed E-state index contributed by atoms with van der Waals surface area (Å²) in [5, 5.41) is 18.2. The molecular formula is C29H28N6O4S. The minimum absolute atomic E-state index is 0.0438. The number of hydrogen-bond acceptors (Lipinski definition) is 6. The van der Waals surface area contributed by atoms with Gasteiger partial charge in [0.1, 0.15) is 5.75 Å². The second kappa shape index (κ2) is 10.8. The number of nitrogens with one attached hydrogen (secondary N) is 2. The molecular weight excluding hydrogens is 528 g/mol. The van der Waals surface area contributed by atoms with Gasteiger partial charge in [-0.25, -0.2) is 0 Å². The highest BCUT2D eigenvalue weighted by Crippen LogP contribution is 2.44. The van der Waals surface area contributed by atoms with E-state index in [0.717, 1.165) is 28.3 Å². The van der Waals surface area contributed by atoms with Crippen LogP contribution in [0.25, 0.3) is 5.69 Å². The Balaban J connectivity index is 1.65. The number of methoxy groups -OCH3 is 1. The molecule has 1 amide bonds. The highest BCUT2D eigenvalue weighted by molar-refractivity contribution is 7.80. The number of nitro benzene ring substituents is 1. The fourth-order valence-electron chi connectivity index (χ4n) is 5.28. The number of carbonyl (C=O) groups excluding carboxylic acids is 1. The number of hydrogen-bond donors (Lipinski definition) is 2. The molecule has 5 rings (SSSR count). The van der Waals surface area contributed by atoms with E-state index >= 15 is 0 Å². The van der Waals surface area contributed by atoms with Crippen LogP contribution in [0.2, 0.25) is 0 Å². The van der Waals surface area contributed by atoms with Crippen molar-refractivity contribution in [2.24, 2.45) is 0 Å². The second-order valence-corrected chi connectivity index (χ2v) is 9.89. The summed E-state index contributed by atoms with van der Waals surface area (Å²) in [5.74, 6) is 0.252. The Labute approximate surface area is 236 Å². The molecule has 40 heavy (non-hydrogen) atoms. The lowest BCUT2D eigenvalue weighted by Gasteiger charge is -2.28. The molecule has 11 heteroatoms. The summed E-state index contributed by atoms with van der Waals surface area (Å²) in [5.41, 5.74) is 5.90. The number of anilines is 2. The van der Waals surface area contributed by atoms with E-state index in [4.69, 9.17) is 17.0 Å². The van der Waals surface area contributed by atoms with Crippen molar-refractivity contribution in [3.63, 3.8) is 0 Å². The van der Waals surface area contributed by atoms with Crippen LogP contribution in [0.4, 0.5) is 17.1 Å². The summed E-state index contributed by atoms with van der Waals surface area (Å²) in [6, 6.07) is 19.5. The zero-order valence-corrected chi connectivity index (χ0v) is 23.2. The Kier molecular flexibility index (Phi) is 7.22. The number of carbonyl (C=O) groups is 1. The minimum Gasteiger partial charge on any atom is -0.494 e. The number of nitrogens with zero attached hydrogens (tertiary/aromatic N) is 4. The lowest BCUT2D eigenvalue weighted by Crippen LogP contribution is -2.29. The van der Waals surface area contributed by atoms with Gasteiger partial charge in [0.2, 0.25) is 5.91 Å². The van der Waals surface area contributed by atoms with Crippen LogP contribution >= 0.6 is 12.2 Å². The first kappa shape index (κ1) is 26.8. The van der Waals surface area contributed by atoms with E-state index in [2.05, 4.69) is 26.6 Å². The summed E-state index contributed by atoms with van der Waals surface area (Å²) < 4.78 is 7.60. The molecule has 1 fully saturated rings. The number of rotatable bonds is 7. The topological polar surface area (TPSA) is 115 Å². The van der Waals surface area contributed by atoms with Crippen molar-refractivity contribution in [2.45, 2.75) is 32.9 Å². The fourth-order valence-corrected chi connectivity index (χ4v) is 5.63. The maximum atomic E-state index is 11.5. The zero-order chi connectivity index (χ0) is 28.6. The number of aromatic nitrogens is 2. The smallest absolute Gasteiger partial charge is 0.273 e. The number of aryl methyl sites for hydroxylation is 1. The van der Waals surface area contributed by atoms with Gasteiger partial charge in [-0.3, -0.25) is 19.9 Å². The number of pyridine rings is 1. The average molecular weight is 557 g/mol. The molecule has 1 saturated heterocycles. The molecule has 2 unspecified atom stereocenters. The number of non-ortho nitro benzene ring substituents is 1. The van der Waals surface area contributed by atoms with Gasteiger partial charge in [-0.15, -0.1) is 0 Å². The number of benzene rings is 2. The van der Waals surface area contributed by atoms with Gasteiger partial charge in [-0.05, 0) is 80.2 Å². The van der Waals surface area contributed by atoms with Crippen LogP contribution in [-0.4, -0.2) is 32.6 Å². The highest BCUT2D eigenvalue weighted by Gasteiger charge is 2.42. The molecule has 0 radical (unpaired) electrons. The lowest BCUT2D eigenvalue weighted by molar-refractivity contribution is -0.384. The fraction of sp³-hybridized carbons (Fsp3) is 0.207. The van der Waals surface area contributed by atoms with Crippen LogP contribution in [-0.2, 0) is 4.79 Å². The summed E-state index contributed by atoms with van der Waals surface area (Å²) >= 11 is 5.86. The Morgan fingerprint density at radius 1 is 1.12 bits per heavy atom. The number of thiocarbonyl (C=S) groups is 1. The molecule has 0 bridgehead atoms. The molecule has 2 aromatic heterocycles. The summed E-state index contributed by atoms with van der Waals surface area (Å²) in [7, 11) is 1.50. The van der Waals surface area contributed by atoms with Crippen molar-refractivity contribution in [2.75, 3.05) is 17.3 Å². The van der Waals surface area contributed by atoms with E-state index in [1.165, 1.54) is 26.2 Å². The standard InChI is InChI=1S/C29H28N6O4S/c1-17-15-23(18(2)33(17)25-13-12-22(35(37)38)16-26(25)39-4)28-27(24-7-5-6-14-30-24)32-29(40)34(28)21-10-8-20(9-11-21)31-19(3)36/h5-16,27-28H,1-4H3,(H,31,36)(H,32,40). The van der Waals surface area contributed by atoms with Crippen molar-refractivity contribution >= 4 is 40.3 Å². The molecule has 10 nitrogen and oxygen atoms in total. The lowest BCUT2D eigenvalue weighted by atomic mass is 9.96. The normalized spacial score (nSPS) is 16.5. The monoisotopic (exact) mass is 556 g/mol. The molecule has 2 atom stereocenters. The molecule has 0 spiro atoms. The molecule has 2 aromatic carbocycles. The van der Waals surface area contributed by atoms with Gasteiger partial charge in [0, 0.05) is 41.9 Å². The SMILES string of the molecule is COc1cc([N+](=O)[O-])ccc1-n1c(C)cc(C2C(c3ccccn3)NC(=S)N2c2ccc(NC(C)=O)cc2)c1C. The molecule has 0 saturated carbocycles. The summed E-state index contributed by atoms with van der Waals surface area (Å²) in [6.07, 6.45) is 1.76. The van der Waals surface area contributed by atoms with E-state index in [1.54, 1.807) is 12.3 Å². The van der Waals surface area contributed by atoms with Crippen LogP contribution in [0, 0.1) is 24.0 Å². The van der Waals surface area contributed by atoms with Gasteiger partial charge >= 0.3 is 0 Å². The third-order valence-corrected chi connectivity index (χ3v) is 7.28. The largest absolute Gasteiger partial charge is 0.494 e. The third-order valence-electron chi connectivity index (χ3n) is 6.97. The first-order valence-corrected chi connectivity index (χ1v) is 13.0. The van der Waals surface area contributed by atoms with E-state index < -0.39 is 4.92 Å². The van der Waals surface area contributed by atoms with Crippen molar-refractivity contribution in [1.82, 2.24) is 14.9 Å². The van der Waals surface area contributed by atoms with Gasteiger partial charge in [0.05, 0.1) is 41.6 Å². The van der Waals surface area contributed by atoms with Crippen molar-refractivity contribution in [3.05, 3.63) is 106 Å². The van der Waals surface area contributed by atoms with Gasteiger partial charge in [0.25, 0.3) is 5.69 Å². The quantitative estimate of drug-likeness (QED) is 0.173. The van der Waals surface area contributed by atoms with E-state index in [9.17, 15) is 14.9 Å². The predicted molar refractivity (Wildman–Crippen MR) is 157 cm³/mol. The first-order valence-electron chi connectivity index (χ1n) is 12.6. The zero-order valence-electron chi connectivity index (χ0n) is 22.4. The number of nitro groups is 1. The Morgan fingerprint density at radius 3 is 2.50 bits per heavy atom. The van der Waals surface area contributed by atoms with E-state index in [0.29, 0.717) is 22.2 Å². The Bertz CT molecular complexity index is 1600. The minimum atomic E-state index is -0.440. The van der Waals surface area contributed by atoms with Gasteiger partial charge < -0.3 is 24.8 Å². The molecule has 4 aromatic rings. The second-order valence-electron chi connectivity index (χ2n) is 9.50.